The van der Waals surface area contributed by atoms with Crippen molar-refractivity contribution in [2.24, 2.45) is 23.0 Å². The Hall–Kier alpha value is -0.570. The Bertz CT molecular complexity index is 291. The van der Waals surface area contributed by atoms with E-state index in [0.717, 1.165) is 19.5 Å². The van der Waals surface area contributed by atoms with Crippen LogP contribution in [-0.2, 0) is 4.79 Å². The minimum absolute atomic E-state index is 0.198. The van der Waals surface area contributed by atoms with Gasteiger partial charge in [0.05, 0.1) is 5.41 Å². The largest absolute Gasteiger partial charge is 0.342 e. The highest BCUT2D eigenvalue weighted by Crippen LogP contribution is 2.33. The third-order valence-corrected chi connectivity index (χ3v) is 4.77. The summed E-state index contributed by atoms with van der Waals surface area (Å²) in [5, 5.41) is 0. The predicted molar refractivity (Wildman–Crippen MR) is 71.6 cm³/mol. The number of carbonyl (C=O) groups excluding carboxylic acids is 1. The van der Waals surface area contributed by atoms with Crippen LogP contribution in [0.1, 0.15) is 48.0 Å². The Morgan fingerprint density at radius 3 is 2.12 bits per heavy atom. The zero-order valence-corrected chi connectivity index (χ0v) is 12.2. The lowest BCUT2D eigenvalue weighted by atomic mass is 9.73. The molecule has 0 aromatic carbocycles. The molecule has 1 heterocycles. The Balaban J connectivity index is 2.78. The third-order valence-electron chi connectivity index (χ3n) is 4.77. The molecule has 1 aliphatic rings. The number of nitrogens with zero attached hydrogens (tertiary/aromatic N) is 1. The van der Waals surface area contributed by atoms with Crippen LogP contribution < -0.4 is 5.73 Å². The Labute approximate surface area is 106 Å². The van der Waals surface area contributed by atoms with Gasteiger partial charge in [-0.05, 0) is 46.0 Å². The number of hydrogen-bond donors (Lipinski definition) is 1. The van der Waals surface area contributed by atoms with E-state index in [2.05, 4.69) is 13.8 Å². The van der Waals surface area contributed by atoms with Crippen LogP contribution in [0.2, 0.25) is 0 Å². The molecule has 0 aromatic rings. The van der Waals surface area contributed by atoms with Crippen molar-refractivity contribution < 1.29 is 4.79 Å². The maximum Gasteiger partial charge on any atom is 0.230 e. The predicted octanol–water partition coefficient (Wildman–Crippen LogP) is 2.25. The fraction of sp³-hybridized carbons (Fsp3) is 0.929. The molecular formula is C14H28N2O. The van der Waals surface area contributed by atoms with E-state index in [-0.39, 0.29) is 5.91 Å². The normalized spacial score (nSPS) is 27.1. The molecule has 2 atom stereocenters. The lowest BCUT2D eigenvalue weighted by molar-refractivity contribution is -0.146. The lowest BCUT2D eigenvalue weighted by Gasteiger charge is -2.44. The average molecular weight is 240 g/mol. The molecular weight excluding hydrogens is 212 g/mol. The first-order valence-corrected chi connectivity index (χ1v) is 6.65. The Kier molecular flexibility index (Phi) is 3.92. The van der Waals surface area contributed by atoms with Gasteiger partial charge in [0.2, 0.25) is 5.91 Å². The van der Waals surface area contributed by atoms with Gasteiger partial charge in [0.15, 0.2) is 0 Å². The molecule has 3 heteroatoms. The van der Waals surface area contributed by atoms with Gasteiger partial charge < -0.3 is 10.6 Å². The van der Waals surface area contributed by atoms with Crippen molar-refractivity contribution in [2.75, 3.05) is 13.1 Å². The van der Waals surface area contributed by atoms with Gasteiger partial charge in [0.25, 0.3) is 0 Å². The maximum absolute atomic E-state index is 12.6. The molecule has 0 bridgehead atoms. The van der Waals surface area contributed by atoms with E-state index < -0.39 is 11.0 Å². The molecule has 1 aliphatic heterocycles. The molecule has 0 radical (unpaired) electrons. The molecule has 2 unspecified atom stereocenters. The topological polar surface area (TPSA) is 46.3 Å². The summed E-state index contributed by atoms with van der Waals surface area (Å²) in [6, 6.07) is 0. The highest BCUT2D eigenvalue weighted by atomic mass is 16.2. The van der Waals surface area contributed by atoms with E-state index >= 15 is 0 Å². The molecule has 1 rings (SSSR count). The van der Waals surface area contributed by atoms with Crippen LogP contribution >= 0.6 is 0 Å². The van der Waals surface area contributed by atoms with Crippen LogP contribution in [0.4, 0.5) is 0 Å². The molecule has 1 amide bonds. The first kappa shape index (κ1) is 14.5. The third kappa shape index (κ3) is 2.82. The van der Waals surface area contributed by atoms with Gasteiger partial charge >= 0.3 is 0 Å². The summed E-state index contributed by atoms with van der Waals surface area (Å²) in [6.45, 7) is 14.0. The fourth-order valence-corrected chi connectivity index (χ4v) is 2.12. The van der Waals surface area contributed by atoms with Gasteiger partial charge in [-0.3, -0.25) is 4.79 Å². The second-order valence-electron chi connectivity index (χ2n) is 6.84. The number of likely N-dealkylation sites (tertiary alicyclic amines) is 1. The van der Waals surface area contributed by atoms with Crippen LogP contribution in [0, 0.1) is 17.3 Å². The quantitative estimate of drug-likeness (QED) is 0.804. The van der Waals surface area contributed by atoms with Gasteiger partial charge in [0, 0.05) is 18.6 Å². The molecule has 100 valence electrons. The SMILES string of the molecule is CC1CCN(C(=O)C(C)(C)C(C)(C)N)CC1C. The number of piperidine rings is 1. The molecule has 17 heavy (non-hydrogen) atoms. The maximum atomic E-state index is 12.6. The first-order chi connectivity index (χ1) is 7.57. The van der Waals surface area contributed by atoms with Crippen LogP contribution in [0.25, 0.3) is 0 Å². The lowest BCUT2D eigenvalue weighted by Crippen LogP contribution is -2.58. The molecule has 1 saturated heterocycles. The van der Waals surface area contributed by atoms with Crippen molar-refractivity contribution in [3.63, 3.8) is 0 Å². The van der Waals surface area contributed by atoms with Crippen molar-refractivity contribution >= 4 is 5.91 Å². The number of carbonyl (C=O) groups is 1. The highest BCUT2D eigenvalue weighted by Gasteiger charge is 2.43. The van der Waals surface area contributed by atoms with Gasteiger partial charge in [-0.2, -0.15) is 0 Å². The van der Waals surface area contributed by atoms with Crippen LogP contribution in [0.15, 0.2) is 0 Å². The number of nitrogens with two attached hydrogens (primary N) is 1. The number of hydrogen-bond acceptors (Lipinski definition) is 2. The monoisotopic (exact) mass is 240 g/mol. The summed E-state index contributed by atoms with van der Waals surface area (Å²) < 4.78 is 0. The minimum Gasteiger partial charge on any atom is -0.342 e. The van der Waals surface area contributed by atoms with Gasteiger partial charge in [-0.25, -0.2) is 0 Å². The van der Waals surface area contributed by atoms with Crippen LogP contribution in [0.3, 0.4) is 0 Å². The molecule has 0 spiro atoms. The van der Waals surface area contributed by atoms with Gasteiger partial charge in [-0.1, -0.05) is 13.8 Å². The number of rotatable bonds is 2. The average Bonchev–Trinajstić information content (AvgIpc) is 2.19. The van der Waals surface area contributed by atoms with Crippen molar-refractivity contribution in [1.82, 2.24) is 4.90 Å². The molecule has 0 aliphatic carbocycles. The summed E-state index contributed by atoms with van der Waals surface area (Å²) in [6.07, 6.45) is 1.11. The van der Waals surface area contributed by atoms with E-state index in [0.29, 0.717) is 11.8 Å². The standard InChI is InChI=1S/C14H28N2O/c1-10-7-8-16(9-11(10)2)12(17)13(3,4)14(5,6)15/h10-11H,7-9,15H2,1-6H3. The fourth-order valence-electron chi connectivity index (χ4n) is 2.12. The molecule has 1 fully saturated rings. The van der Waals surface area contributed by atoms with E-state index in [9.17, 15) is 4.79 Å². The van der Waals surface area contributed by atoms with Crippen molar-refractivity contribution in [2.45, 2.75) is 53.5 Å². The molecule has 0 aromatic heterocycles. The molecule has 3 nitrogen and oxygen atoms in total. The Morgan fingerprint density at radius 1 is 1.18 bits per heavy atom. The van der Waals surface area contributed by atoms with Crippen molar-refractivity contribution in [3.05, 3.63) is 0 Å². The second-order valence-corrected chi connectivity index (χ2v) is 6.84. The first-order valence-electron chi connectivity index (χ1n) is 6.65. The minimum atomic E-state index is -0.507. The van der Waals surface area contributed by atoms with Crippen LogP contribution in [0.5, 0.6) is 0 Å². The van der Waals surface area contributed by atoms with E-state index in [1.54, 1.807) is 0 Å². The Morgan fingerprint density at radius 2 is 1.71 bits per heavy atom. The second kappa shape index (κ2) is 4.60. The van der Waals surface area contributed by atoms with Crippen molar-refractivity contribution in [3.8, 4) is 0 Å². The van der Waals surface area contributed by atoms with E-state index in [1.165, 1.54) is 0 Å². The number of amides is 1. The highest BCUT2D eigenvalue weighted by molar-refractivity contribution is 5.83. The zero-order valence-electron chi connectivity index (χ0n) is 12.2. The summed E-state index contributed by atoms with van der Waals surface area (Å²) in [5.74, 6) is 1.50. The zero-order chi connectivity index (χ0) is 13.4. The molecule has 0 saturated carbocycles. The van der Waals surface area contributed by atoms with E-state index in [1.807, 2.05) is 32.6 Å². The summed E-state index contributed by atoms with van der Waals surface area (Å²) in [5.41, 5.74) is 5.14. The molecule has 2 N–H and O–H groups in total. The van der Waals surface area contributed by atoms with E-state index in [4.69, 9.17) is 5.73 Å². The smallest absolute Gasteiger partial charge is 0.230 e. The van der Waals surface area contributed by atoms with Gasteiger partial charge in [0.1, 0.15) is 0 Å². The van der Waals surface area contributed by atoms with Gasteiger partial charge in [-0.15, -0.1) is 0 Å². The van der Waals surface area contributed by atoms with Crippen molar-refractivity contribution in [1.29, 1.82) is 0 Å². The summed E-state index contributed by atoms with van der Waals surface area (Å²) in [4.78, 5) is 14.6. The van der Waals surface area contributed by atoms with Crippen LogP contribution in [-0.4, -0.2) is 29.4 Å². The summed E-state index contributed by atoms with van der Waals surface area (Å²) >= 11 is 0. The summed E-state index contributed by atoms with van der Waals surface area (Å²) in [7, 11) is 0.